The summed E-state index contributed by atoms with van der Waals surface area (Å²) < 4.78 is 30.5. The van der Waals surface area contributed by atoms with Crippen molar-refractivity contribution in [1.82, 2.24) is 0 Å². The average molecular weight is 416 g/mol. The standard InChI is InChI=1S/C22H25NO5S/c1-4-5-16-6-8-17(9-7-16)21(24)14-28-22(25)18-10-11-20-19(13-18)12-15(2)23(20)29(3,26)27/h6-11,13,15H,4-5,12,14H2,1-3H3/t15-/m1/s1. The number of anilines is 1. The molecule has 2 aromatic rings. The third kappa shape index (κ3) is 4.67. The Kier molecular flexibility index (Phi) is 6.07. The number of Topliss-reactive ketones (excluding diaryl/α,β-unsaturated/α-hetero) is 1. The van der Waals surface area contributed by atoms with Crippen molar-refractivity contribution in [2.24, 2.45) is 0 Å². The first-order valence-electron chi connectivity index (χ1n) is 9.62. The van der Waals surface area contributed by atoms with E-state index in [9.17, 15) is 18.0 Å². The number of carbonyl (C=O) groups excluding carboxylic acids is 2. The summed E-state index contributed by atoms with van der Waals surface area (Å²) in [6.07, 6.45) is 3.68. The third-order valence-electron chi connectivity index (χ3n) is 4.97. The zero-order valence-electron chi connectivity index (χ0n) is 16.8. The van der Waals surface area contributed by atoms with Gasteiger partial charge < -0.3 is 4.74 Å². The van der Waals surface area contributed by atoms with Gasteiger partial charge in [-0.15, -0.1) is 0 Å². The van der Waals surface area contributed by atoms with E-state index in [2.05, 4.69) is 6.92 Å². The number of sulfonamides is 1. The Bertz CT molecular complexity index is 1030. The van der Waals surface area contributed by atoms with Gasteiger partial charge in [-0.05, 0) is 49.1 Å². The van der Waals surface area contributed by atoms with Crippen molar-refractivity contribution >= 4 is 27.5 Å². The van der Waals surface area contributed by atoms with Gasteiger partial charge in [-0.2, -0.15) is 0 Å². The van der Waals surface area contributed by atoms with Crippen molar-refractivity contribution in [3.63, 3.8) is 0 Å². The fraction of sp³-hybridized carbons (Fsp3) is 0.364. The molecule has 1 atom stereocenters. The van der Waals surface area contributed by atoms with Gasteiger partial charge in [0.15, 0.2) is 12.4 Å². The van der Waals surface area contributed by atoms with Crippen molar-refractivity contribution < 1.29 is 22.7 Å². The number of ketones is 1. The van der Waals surface area contributed by atoms with Gasteiger partial charge in [0.1, 0.15) is 0 Å². The van der Waals surface area contributed by atoms with E-state index in [4.69, 9.17) is 4.74 Å². The lowest BCUT2D eigenvalue weighted by molar-refractivity contribution is 0.0474. The second-order valence-corrected chi connectivity index (χ2v) is 9.26. The molecule has 7 heteroatoms. The fourth-order valence-electron chi connectivity index (χ4n) is 3.68. The molecule has 154 valence electrons. The summed E-state index contributed by atoms with van der Waals surface area (Å²) in [6.45, 7) is 3.58. The minimum absolute atomic E-state index is 0.205. The van der Waals surface area contributed by atoms with Gasteiger partial charge in [-0.3, -0.25) is 9.10 Å². The zero-order chi connectivity index (χ0) is 21.2. The quantitative estimate of drug-likeness (QED) is 0.511. The molecule has 0 aromatic heterocycles. The zero-order valence-corrected chi connectivity index (χ0v) is 17.7. The van der Waals surface area contributed by atoms with Gasteiger partial charge in [0.05, 0.1) is 17.5 Å². The van der Waals surface area contributed by atoms with E-state index in [-0.39, 0.29) is 18.4 Å². The SMILES string of the molecule is CCCc1ccc(C(=O)COC(=O)c2ccc3c(c2)C[C@@H](C)N3S(C)(=O)=O)cc1. The van der Waals surface area contributed by atoms with Crippen molar-refractivity contribution in [2.75, 3.05) is 17.2 Å². The van der Waals surface area contributed by atoms with Gasteiger partial charge in [0, 0.05) is 11.6 Å². The van der Waals surface area contributed by atoms with Crippen LogP contribution in [0.25, 0.3) is 0 Å². The molecule has 2 aromatic carbocycles. The van der Waals surface area contributed by atoms with Crippen LogP contribution in [0, 0.1) is 0 Å². The molecule has 0 saturated heterocycles. The lowest BCUT2D eigenvalue weighted by Gasteiger charge is -2.21. The molecule has 0 aliphatic carbocycles. The van der Waals surface area contributed by atoms with Crippen LogP contribution in [-0.4, -0.2) is 39.1 Å². The maximum Gasteiger partial charge on any atom is 0.338 e. The normalized spacial score (nSPS) is 15.8. The highest BCUT2D eigenvalue weighted by Crippen LogP contribution is 2.34. The highest BCUT2D eigenvalue weighted by molar-refractivity contribution is 7.92. The number of ether oxygens (including phenoxy) is 1. The number of carbonyl (C=O) groups is 2. The second kappa shape index (κ2) is 8.37. The van der Waals surface area contributed by atoms with Gasteiger partial charge >= 0.3 is 5.97 Å². The number of fused-ring (bicyclic) bond motifs is 1. The number of hydrogen-bond donors (Lipinski definition) is 0. The van der Waals surface area contributed by atoms with Crippen LogP contribution in [0.15, 0.2) is 42.5 Å². The number of benzene rings is 2. The molecular weight excluding hydrogens is 390 g/mol. The molecule has 0 saturated carbocycles. The number of hydrogen-bond acceptors (Lipinski definition) is 5. The molecule has 1 aliphatic heterocycles. The van der Waals surface area contributed by atoms with E-state index >= 15 is 0 Å². The maximum atomic E-state index is 12.4. The highest BCUT2D eigenvalue weighted by atomic mass is 32.2. The van der Waals surface area contributed by atoms with Crippen molar-refractivity contribution in [1.29, 1.82) is 0 Å². The van der Waals surface area contributed by atoms with Gasteiger partial charge in [-0.25, -0.2) is 13.2 Å². The van der Waals surface area contributed by atoms with Crippen LogP contribution >= 0.6 is 0 Å². The molecule has 29 heavy (non-hydrogen) atoms. The number of rotatable bonds is 7. The Morgan fingerprint density at radius 2 is 1.76 bits per heavy atom. The molecule has 0 radical (unpaired) electrons. The predicted molar refractivity (Wildman–Crippen MR) is 112 cm³/mol. The van der Waals surface area contributed by atoms with Crippen LogP contribution in [0.5, 0.6) is 0 Å². The van der Waals surface area contributed by atoms with Crippen LogP contribution in [-0.2, 0) is 27.6 Å². The van der Waals surface area contributed by atoms with Gasteiger partial charge in [0.25, 0.3) is 0 Å². The van der Waals surface area contributed by atoms with Crippen molar-refractivity contribution in [2.45, 2.75) is 39.2 Å². The largest absolute Gasteiger partial charge is 0.454 e. The molecule has 1 heterocycles. The Hall–Kier alpha value is -2.67. The van der Waals surface area contributed by atoms with E-state index in [1.807, 2.05) is 19.1 Å². The van der Waals surface area contributed by atoms with Crippen LogP contribution in [0.2, 0.25) is 0 Å². The monoisotopic (exact) mass is 415 g/mol. The van der Waals surface area contributed by atoms with Crippen LogP contribution < -0.4 is 4.31 Å². The third-order valence-corrected chi connectivity index (χ3v) is 6.25. The Balaban J connectivity index is 1.66. The highest BCUT2D eigenvalue weighted by Gasteiger charge is 2.33. The van der Waals surface area contributed by atoms with Gasteiger partial charge in [0.2, 0.25) is 10.0 Å². The molecule has 6 nitrogen and oxygen atoms in total. The summed E-state index contributed by atoms with van der Waals surface area (Å²) in [4.78, 5) is 24.7. The summed E-state index contributed by atoms with van der Waals surface area (Å²) in [5, 5.41) is 0. The minimum atomic E-state index is -3.38. The van der Waals surface area contributed by atoms with E-state index in [0.717, 1.165) is 24.0 Å². The van der Waals surface area contributed by atoms with Crippen LogP contribution in [0.3, 0.4) is 0 Å². The molecular formula is C22H25NO5S. The van der Waals surface area contributed by atoms with Crippen molar-refractivity contribution in [3.8, 4) is 0 Å². The maximum absolute atomic E-state index is 12.4. The summed E-state index contributed by atoms with van der Waals surface area (Å²) in [6, 6.07) is 11.9. The number of aryl methyl sites for hydroxylation is 1. The average Bonchev–Trinajstić information content (AvgIpc) is 3.01. The molecule has 0 unspecified atom stereocenters. The summed E-state index contributed by atoms with van der Waals surface area (Å²) in [5.74, 6) is -0.867. The molecule has 1 aliphatic rings. The Morgan fingerprint density at radius 3 is 2.38 bits per heavy atom. The van der Waals surface area contributed by atoms with E-state index in [0.29, 0.717) is 23.2 Å². The molecule has 0 bridgehead atoms. The lowest BCUT2D eigenvalue weighted by atomic mass is 10.1. The topological polar surface area (TPSA) is 80.8 Å². The summed E-state index contributed by atoms with van der Waals surface area (Å²) in [7, 11) is -3.38. The van der Waals surface area contributed by atoms with E-state index < -0.39 is 16.0 Å². The Labute approximate surface area is 171 Å². The molecule has 3 rings (SSSR count). The predicted octanol–water partition coefficient (Wildman–Crippen LogP) is 3.39. The van der Waals surface area contributed by atoms with Crippen LogP contribution in [0.4, 0.5) is 5.69 Å². The first kappa shape index (κ1) is 21.0. The fourth-order valence-corrected chi connectivity index (χ4v) is 4.94. The molecule has 0 fully saturated rings. The van der Waals surface area contributed by atoms with E-state index in [1.165, 1.54) is 16.6 Å². The first-order chi connectivity index (χ1) is 13.7. The number of esters is 1. The molecule has 0 N–H and O–H groups in total. The van der Waals surface area contributed by atoms with Crippen LogP contribution in [0.1, 0.15) is 52.1 Å². The smallest absolute Gasteiger partial charge is 0.338 e. The van der Waals surface area contributed by atoms with Gasteiger partial charge in [-0.1, -0.05) is 37.6 Å². The van der Waals surface area contributed by atoms with Crippen molar-refractivity contribution in [3.05, 3.63) is 64.7 Å². The molecule has 0 amide bonds. The lowest BCUT2D eigenvalue weighted by Crippen LogP contribution is -2.34. The minimum Gasteiger partial charge on any atom is -0.454 e. The Morgan fingerprint density at radius 1 is 1.10 bits per heavy atom. The molecule has 0 spiro atoms. The summed E-state index contributed by atoms with van der Waals surface area (Å²) >= 11 is 0. The first-order valence-corrected chi connectivity index (χ1v) is 11.5. The number of nitrogens with zero attached hydrogens (tertiary/aromatic N) is 1. The van der Waals surface area contributed by atoms with E-state index in [1.54, 1.807) is 24.3 Å². The summed E-state index contributed by atoms with van der Waals surface area (Å²) in [5.41, 5.74) is 3.33. The second-order valence-electron chi connectivity index (χ2n) is 7.40.